The number of hydrogen-bond donors (Lipinski definition) is 2. The van der Waals surface area contributed by atoms with Crippen LogP contribution < -0.4 is 15.8 Å². The van der Waals surface area contributed by atoms with Gasteiger partial charge in [0.15, 0.2) is 11.7 Å². The fourth-order valence-electron chi connectivity index (χ4n) is 1.69. The van der Waals surface area contributed by atoms with E-state index in [4.69, 9.17) is 5.73 Å². The van der Waals surface area contributed by atoms with Gasteiger partial charge in [-0.25, -0.2) is 4.99 Å². The third-order valence-corrected chi connectivity index (χ3v) is 2.57. The minimum atomic E-state index is -4.78. The molecular weight excluding hydrogens is 299 g/mol. The fraction of sp³-hybridized carbons (Fsp3) is 0.231. The average molecular weight is 313 g/mol. The van der Waals surface area contributed by atoms with Crippen LogP contribution in [0.5, 0.6) is 5.75 Å². The number of aryl methyl sites for hydroxylation is 1. The molecule has 0 aliphatic carbocycles. The first kappa shape index (κ1) is 15.7. The molecule has 0 bridgehead atoms. The summed E-state index contributed by atoms with van der Waals surface area (Å²) in [6.07, 6.45) is -1.39. The molecule has 3 N–H and O–H groups in total. The molecule has 9 heteroatoms. The van der Waals surface area contributed by atoms with Gasteiger partial charge in [0.1, 0.15) is 0 Å². The Morgan fingerprint density at radius 3 is 2.77 bits per heavy atom. The van der Waals surface area contributed by atoms with Gasteiger partial charge in [0.05, 0.1) is 18.4 Å². The van der Waals surface area contributed by atoms with E-state index in [2.05, 4.69) is 20.1 Å². The van der Waals surface area contributed by atoms with Crippen molar-refractivity contribution in [2.75, 3.05) is 5.32 Å². The van der Waals surface area contributed by atoms with Gasteiger partial charge in [0.25, 0.3) is 0 Å². The van der Waals surface area contributed by atoms with Crippen molar-refractivity contribution in [3.63, 3.8) is 0 Å². The second kappa shape index (κ2) is 6.37. The van der Waals surface area contributed by atoms with Gasteiger partial charge >= 0.3 is 6.36 Å². The Labute approximate surface area is 124 Å². The molecule has 1 aromatic carbocycles. The maximum atomic E-state index is 12.3. The summed E-state index contributed by atoms with van der Waals surface area (Å²) in [5, 5.41) is 6.56. The molecule has 0 atom stereocenters. The van der Waals surface area contributed by atoms with Gasteiger partial charge in [-0.3, -0.25) is 4.68 Å². The third-order valence-electron chi connectivity index (χ3n) is 2.57. The first-order chi connectivity index (χ1) is 10.3. The molecule has 0 radical (unpaired) electrons. The van der Waals surface area contributed by atoms with E-state index >= 15 is 0 Å². The van der Waals surface area contributed by atoms with Gasteiger partial charge in [0.2, 0.25) is 0 Å². The minimum absolute atomic E-state index is 0.0259. The van der Waals surface area contributed by atoms with E-state index in [1.54, 1.807) is 30.2 Å². The van der Waals surface area contributed by atoms with Crippen LogP contribution in [-0.4, -0.2) is 22.1 Å². The van der Waals surface area contributed by atoms with Crippen LogP contribution in [0.1, 0.15) is 5.56 Å². The molecule has 1 aromatic heterocycles. The van der Waals surface area contributed by atoms with Crippen LogP contribution in [0.4, 0.5) is 18.9 Å². The molecular formula is C13H14F3N5O. The topological polar surface area (TPSA) is 77.5 Å². The summed E-state index contributed by atoms with van der Waals surface area (Å²) in [4.78, 5) is 4.03. The lowest BCUT2D eigenvalue weighted by molar-refractivity contribution is -0.274. The van der Waals surface area contributed by atoms with E-state index in [1.807, 2.05) is 0 Å². The number of anilines is 1. The highest BCUT2D eigenvalue weighted by Gasteiger charge is 2.32. The van der Waals surface area contributed by atoms with Crippen LogP contribution in [0.15, 0.2) is 41.7 Å². The number of halogens is 3. The number of benzene rings is 1. The SMILES string of the molecule is Cn1cc(CN=C(N)Nc2ccccc2OC(F)(F)F)cn1. The monoisotopic (exact) mass is 313 g/mol. The van der Waals surface area contributed by atoms with Gasteiger partial charge in [-0.05, 0) is 12.1 Å². The molecule has 2 rings (SSSR count). The molecule has 0 saturated heterocycles. The van der Waals surface area contributed by atoms with Gasteiger partial charge in [-0.2, -0.15) is 5.10 Å². The Morgan fingerprint density at radius 1 is 1.41 bits per heavy atom. The van der Waals surface area contributed by atoms with Crippen molar-refractivity contribution in [2.45, 2.75) is 12.9 Å². The molecule has 6 nitrogen and oxygen atoms in total. The predicted octanol–water partition coefficient (Wildman–Crippen LogP) is 2.25. The van der Waals surface area contributed by atoms with Crippen molar-refractivity contribution >= 4 is 11.6 Å². The summed E-state index contributed by atoms with van der Waals surface area (Å²) in [6.45, 7) is 0.259. The number of para-hydroxylation sites is 2. The molecule has 22 heavy (non-hydrogen) atoms. The summed E-state index contributed by atoms with van der Waals surface area (Å²) >= 11 is 0. The standard InChI is InChI=1S/C13H14F3N5O/c1-21-8-9(7-19-21)6-18-12(17)20-10-4-2-3-5-11(10)22-13(14,15)16/h2-5,7-8H,6H2,1H3,(H3,17,18,20). The van der Waals surface area contributed by atoms with Gasteiger partial charge < -0.3 is 15.8 Å². The Kier molecular flexibility index (Phi) is 4.54. The molecule has 0 aliphatic rings. The molecule has 0 saturated carbocycles. The van der Waals surface area contributed by atoms with E-state index in [0.29, 0.717) is 0 Å². The Bertz CT molecular complexity index is 666. The van der Waals surface area contributed by atoms with Crippen molar-refractivity contribution in [3.8, 4) is 5.75 Å². The number of aliphatic imine (C=N–C) groups is 1. The number of ether oxygens (including phenoxy) is 1. The number of alkyl halides is 3. The zero-order chi connectivity index (χ0) is 16.2. The van der Waals surface area contributed by atoms with Gasteiger partial charge in [0, 0.05) is 18.8 Å². The lowest BCUT2D eigenvalue weighted by Gasteiger charge is -2.14. The quantitative estimate of drug-likeness (QED) is 0.670. The fourth-order valence-corrected chi connectivity index (χ4v) is 1.69. The largest absolute Gasteiger partial charge is 0.573 e. The van der Waals surface area contributed by atoms with Crippen LogP contribution in [0.3, 0.4) is 0 Å². The first-order valence-electron chi connectivity index (χ1n) is 6.23. The van der Waals surface area contributed by atoms with Crippen LogP contribution in [0.2, 0.25) is 0 Å². The number of nitrogens with one attached hydrogen (secondary N) is 1. The lowest BCUT2D eigenvalue weighted by atomic mass is 10.3. The molecule has 0 aliphatic heterocycles. The zero-order valence-corrected chi connectivity index (χ0v) is 11.6. The van der Waals surface area contributed by atoms with Crippen molar-refractivity contribution in [1.82, 2.24) is 9.78 Å². The summed E-state index contributed by atoms with van der Waals surface area (Å²) in [5.74, 6) is -0.406. The summed E-state index contributed by atoms with van der Waals surface area (Å²) in [6, 6.07) is 5.58. The highest BCUT2D eigenvalue weighted by atomic mass is 19.4. The molecule has 2 aromatic rings. The Balaban J connectivity index is 2.06. The number of nitrogens with two attached hydrogens (primary N) is 1. The first-order valence-corrected chi connectivity index (χ1v) is 6.23. The van der Waals surface area contributed by atoms with Crippen LogP contribution in [0, 0.1) is 0 Å². The van der Waals surface area contributed by atoms with Crippen LogP contribution in [0.25, 0.3) is 0 Å². The average Bonchev–Trinajstić information content (AvgIpc) is 2.83. The smallest absolute Gasteiger partial charge is 0.404 e. The number of guanidine groups is 1. The van der Waals surface area contributed by atoms with E-state index in [9.17, 15) is 13.2 Å². The van der Waals surface area contributed by atoms with Crippen molar-refractivity contribution < 1.29 is 17.9 Å². The molecule has 118 valence electrons. The summed E-state index contributed by atoms with van der Waals surface area (Å²) in [5.41, 5.74) is 6.57. The Morgan fingerprint density at radius 2 is 2.14 bits per heavy atom. The third kappa shape index (κ3) is 4.69. The lowest BCUT2D eigenvalue weighted by Crippen LogP contribution is -2.24. The molecule has 0 fully saturated rings. The molecule has 0 amide bonds. The van der Waals surface area contributed by atoms with E-state index < -0.39 is 6.36 Å². The number of rotatable bonds is 4. The zero-order valence-electron chi connectivity index (χ0n) is 11.6. The predicted molar refractivity (Wildman–Crippen MR) is 75.3 cm³/mol. The highest BCUT2D eigenvalue weighted by Crippen LogP contribution is 2.29. The van der Waals surface area contributed by atoms with E-state index in [0.717, 1.165) is 5.56 Å². The van der Waals surface area contributed by atoms with Gasteiger partial charge in [-0.1, -0.05) is 12.1 Å². The molecule has 0 unspecified atom stereocenters. The number of hydrogen-bond acceptors (Lipinski definition) is 3. The highest BCUT2D eigenvalue weighted by molar-refractivity contribution is 5.93. The van der Waals surface area contributed by atoms with Crippen LogP contribution >= 0.6 is 0 Å². The maximum Gasteiger partial charge on any atom is 0.573 e. The van der Waals surface area contributed by atoms with E-state index in [1.165, 1.54) is 18.2 Å². The van der Waals surface area contributed by atoms with Crippen molar-refractivity contribution in [1.29, 1.82) is 0 Å². The Hall–Kier alpha value is -2.71. The second-order valence-electron chi connectivity index (χ2n) is 4.39. The summed E-state index contributed by atoms with van der Waals surface area (Å²) < 4.78 is 42.5. The van der Waals surface area contributed by atoms with Gasteiger partial charge in [-0.15, -0.1) is 13.2 Å². The second-order valence-corrected chi connectivity index (χ2v) is 4.39. The molecule has 0 spiro atoms. The maximum absolute atomic E-state index is 12.3. The number of aromatic nitrogens is 2. The van der Waals surface area contributed by atoms with E-state index in [-0.39, 0.29) is 23.9 Å². The minimum Gasteiger partial charge on any atom is -0.404 e. The summed E-state index contributed by atoms with van der Waals surface area (Å²) in [7, 11) is 1.76. The molecule has 1 heterocycles. The van der Waals surface area contributed by atoms with Crippen molar-refractivity contribution in [2.24, 2.45) is 17.8 Å². The normalized spacial score (nSPS) is 12.3. The van der Waals surface area contributed by atoms with Crippen LogP contribution in [-0.2, 0) is 13.6 Å². The van der Waals surface area contributed by atoms with Crippen molar-refractivity contribution in [3.05, 3.63) is 42.2 Å². The number of nitrogens with zero attached hydrogens (tertiary/aromatic N) is 3.